The second-order valence-corrected chi connectivity index (χ2v) is 6.26. The molecule has 0 aromatic heterocycles. The average molecular weight is 371 g/mol. The van der Waals surface area contributed by atoms with E-state index in [1.807, 2.05) is 18.2 Å². The summed E-state index contributed by atoms with van der Waals surface area (Å²) in [5.41, 5.74) is 2.30. The molecule has 0 fully saturated rings. The first-order chi connectivity index (χ1) is 10.1. The van der Waals surface area contributed by atoms with Crippen LogP contribution in [0.1, 0.15) is 18.1 Å². The summed E-state index contributed by atoms with van der Waals surface area (Å²) in [5, 5.41) is 3.67. The van der Waals surface area contributed by atoms with Crippen molar-refractivity contribution < 1.29 is 4.39 Å². The summed E-state index contributed by atoms with van der Waals surface area (Å²) in [4.78, 5) is 0. The zero-order valence-corrected chi connectivity index (χ0v) is 14.2. The van der Waals surface area contributed by atoms with E-state index in [0.717, 1.165) is 29.4 Å². The Morgan fingerprint density at radius 1 is 1.19 bits per heavy atom. The van der Waals surface area contributed by atoms with Crippen LogP contribution >= 0.6 is 27.5 Å². The fourth-order valence-electron chi connectivity index (χ4n) is 2.39. The van der Waals surface area contributed by atoms with Crippen molar-refractivity contribution in [3.63, 3.8) is 0 Å². The smallest absolute Gasteiger partial charge is 0.141 e. The van der Waals surface area contributed by atoms with Crippen LogP contribution in [0.2, 0.25) is 5.02 Å². The fourth-order valence-corrected chi connectivity index (χ4v) is 3.04. The Morgan fingerprint density at radius 3 is 2.62 bits per heavy atom. The van der Waals surface area contributed by atoms with Crippen molar-refractivity contribution in [2.24, 2.45) is 0 Å². The van der Waals surface area contributed by atoms with Crippen LogP contribution in [-0.2, 0) is 12.8 Å². The van der Waals surface area contributed by atoms with E-state index in [2.05, 4.69) is 34.2 Å². The lowest BCUT2D eigenvalue weighted by molar-refractivity contribution is 0.520. The highest BCUT2D eigenvalue weighted by atomic mass is 79.9. The lowest BCUT2D eigenvalue weighted by Crippen LogP contribution is -2.33. The molecule has 0 radical (unpaired) electrons. The van der Waals surface area contributed by atoms with Crippen molar-refractivity contribution in [1.29, 1.82) is 0 Å². The molecule has 1 unspecified atom stereocenters. The first kappa shape index (κ1) is 16.5. The molecule has 0 spiro atoms. The highest BCUT2D eigenvalue weighted by molar-refractivity contribution is 9.10. The molecule has 0 heterocycles. The van der Waals surface area contributed by atoms with Gasteiger partial charge < -0.3 is 5.32 Å². The topological polar surface area (TPSA) is 12.0 Å². The van der Waals surface area contributed by atoms with Gasteiger partial charge in [-0.1, -0.05) is 58.7 Å². The minimum Gasteiger partial charge on any atom is -0.314 e. The molecule has 2 rings (SSSR count). The second kappa shape index (κ2) is 7.92. The van der Waals surface area contributed by atoms with E-state index in [0.29, 0.717) is 0 Å². The third-order valence-corrected chi connectivity index (χ3v) is 4.45. The molecule has 0 saturated heterocycles. The van der Waals surface area contributed by atoms with E-state index in [9.17, 15) is 4.39 Å². The van der Waals surface area contributed by atoms with Gasteiger partial charge in [-0.25, -0.2) is 4.39 Å². The molecule has 1 N–H and O–H groups in total. The SMILES string of the molecule is CCNC(Cc1ccc(F)c(Cl)c1)Cc1ccccc1Br. The summed E-state index contributed by atoms with van der Waals surface area (Å²) < 4.78 is 14.3. The van der Waals surface area contributed by atoms with Gasteiger partial charge in [0.2, 0.25) is 0 Å². The third-order valence-electron chi connectivity index (χ3n) is 3.38. The molecule has 4 heteroatoms. The summed E-state index contributed by atoms with van der Waals surface area (Å²) >= 11 is 9.44. The molecule has 0 bridgehead atoms. The number of likely N-dealkylation sites (N-methyl/N-ethyl adjacent to an activating group) is 1. The fraction of sp³-hybridized carbons (Fsp3) is 0.294. The predicted molar refractivity (Wildman–Crippen MR) is 90.4 cm³/mol. The zero-order chi connectivity index (χ0) is 15.2. The maximum absolute atomic E-state index is 13.2. The second-order valence-electron chi connectivity index (χ2n) is 5.00. The van der Waals surface area contributed by atoms with Crippen LogP contribution in [0.5, 0.6) is 0 Å². The van der Waals surface area contributed by atoms with Crippen molar-refractivity contribution in [2.75, 3.05) is 6.54 Å². The van der Waals surface area contributed by atoms with Gasteiger partial charge >= 0.3 is 0 Å². The third kappa shape index (κ3) is 4.80. The first-order valence-corrected chi connectivity index (χ1v) is 8.18. The summed E-state index contributed by atoms with van der Waals surface area (Å²) in [5.74, 6) is -0.369. The summed E-state index contributed by atoms with van der Waals surface area (Å²) in [6.07, 6.45) is 1.72. The Kier molecular flexibility index (Phi) is 6.22. The highest BCUT2D eigenvalue weighted by Crippen LogP contribution is 2.21. The van der Waals surface area contributed by atoms with Gasteiger partial charge in [0, 0.05) is 10.5 Å². The van der Waals surface area contributed by atoms with Crippen LogP contribution in [0.25, 0.3) is 0 Å². The van der Waals surface area contributed by atoms with Crippen LogP contribution in [-0.4, -0.2) is 12.6 Å². The molecule has 1 atom stereocenters. The Morgan fingerprint density at radius 2 is 1.95 bits per heavy atom. The normalized spacial score (nSPS) is 12.4. The van der Waals surface area contributed by atoms with Crippen molar-refractivity contribution in [2.45, 2.75) is 25.8 Å². The molecule has 1 nitrogen and oxygen atoms in total. The molecule has 0 aliphatic rings. The Bertz CT molecular complexity index is 603. The Balaban J connectivity index is 2.11. The number of halogens is 3. The number of hydrogen-bond donors (Lipinski definition) is 1. The Hall–Kier alpha value is -0.900. The van der Waals surface area contributed by atoms with E-state index < -0.39 is 0 Å². The van der Waals surface area contributed by atoms with E-state index >= 15 is 0 Å². The van der Waals surface area contributed by atoms with Gasteiger partial charge in [-0.2, -0.15) is 0 Å². The lowest BCUT2D eigenvalue weighted by atomic mass is 9.99. The average Bonchev–Trinajstić information content (AvgIpc) is 2.46. The van der Waals surface area contributed by atoms with E-state index in [-0.39, 0.29) is 16.9 Å². The minimum atomic E-state index is -0.369. The molecule has 21 heavy (non-hydrogen) atoms. The van der Waals surface area contributed by atoms with E-state index in [1.165, 1.54) is 11.6 Å². The monoisotopic (exact) mass is 369 g/mol. The number of rotatable bonds is 6. The Labute approximate surface area is 138 Å². The van der Waals surface area contributed by atoms with Gasteiger partial charge in [-0.05, 0) is 48.7 Å². The molecule has 2 aromatic rings. The van der Waals surface area contributed by atoms with Gasteiger partial charge in [0.25, 0.3) is 0 Å². The molecule has 0 saturated carbocycles. The van der Waals surface area contributed by atoms with Gasteiger partial charge in [0.15, 0.2) is 0 Å². The van der Waals surface area contributed by atoms with Crippen molar-refractivity contribution in [3.05, 3.63) is 68.9 Å². The van der Waals surface area contributed by atoms with E-state index in [4.69, 9.17) is 11.6 Å². The lowest BCUT2D eigenvalue weighted by Gasteiger charge is -2.19. The molecule has 0 aliphatic heterocycles. The summed E-state index contributed by atoms with van der Waals surface area (Å²) in [6.45, 7) is 2.98. The van der Waals surface area contributed by atoms with Crippen LogP contribution in [0.3, 0.4) is 0 Å². The van der Waals surface area contributed by atoms with Gasteiger partial charge in [-0.3, -0.25) is 0 Å². The van der Waals surface area contributed by atoms with Crippen molar-refractivity contribution in [1.82, 2.24) is 5.32 Å². The van der Waals surface area contributed by atoms with Crippen molar-refractivity contribution >= 4 is 27.5 Å². The van der Waals surface area contributed by atoms with E-state index in [1.54, 1.807) is 12.1 Å². The van der Waals surface area contributed by atoms with Gasteiger partial charge in [0.05, 0.1) is 5.02 Å². The predicted octanol–water partition coefficient (Wildman–Crippen LogP) is 5.00. The molecule has 0 aliphatic carbocycles. The molecule has 2 aromatic carbocycles. The van der Waals surface area contributed by atoms with Crippen LogP contribution < -0.4 is 5.32 Å². The van der Waals surface area contributed by atoms with Gasteiger partial charge in [-0.15, -0.1) is 0 Å². The number of benzene rings is 2. The standard InChI is InChI=1S/C17H18BrClFN/c1-2-21-14(11-13-5-3-4-6-15(13)18)9-12-7-8-17(20)16(19)10-12/h3-8,10,14,21H,2,9,11H2,1H3. The van der Waals surface area contributed by atoms with Crippen LogP contribution in [0, 0.1) is 5.82 Å². The van der Waals surface area contributed by atoms with Gasteiger partial charge in [0.1, 0.15) is 5.82 Å². The maximum atomic E-state index is 13.2. The number of hydrogen-bond acceptors (Lipinski definition) is 1. The molecule has 112 valence electrons. The quantitative estimate of drug-likeness (QED) is 0.754. The first-order valence-electron chi connectivity index (χ1n) is 7.01. The summed E-state index contributed by atoms with van der Waals surface area (Å²) in [6, 6.07) is 13.4. The minimum absolute atomic E-state index is 0.184. The zero-order valence-electron chi connectivity index (χ0n) is 11.9. The van der Waals surface area contributed by atoms with Crippen LogP contribution in [0.4, 0.5) is 4.39 Å². The summed E-state index contributed by atoms with van der Waals surface area (Å²) in [7, 11) is 0. The maximum Gasteiger partial charge on any atom is 0.141 e. The largest absolute Gasteiger partial charge is 0.314 e. The highest BCUT2D eigenvalue weighted by Gasteiger charge is 2.12. The van der Waals surface area contributed by atoms with Crippen molar-refractivity contribution in [3.8, 4) is 0 Å². The molecular formula is C17H18BrClFN. The molecular weight excluding hydrogens is 353 g/mol. The van der Waals surface area contributed by atoms with Crippen LogP contribution in [0.15, 0.2) is 46.9 Å². The molecule has 0 amide bonds. The number of nitrogens with one attached hydrogen (secondary N) is 1.